The normalized spacial score (nSPS) is 27.9. The molecule has 2 aliphatic rings. The van der Waals surface area contributed by atoms with Crippen LogP contribution >= 0.6 is 0 Å². The van der Waals surface area contributed by atoms with Gasteiger partial charge in [0.15, 0.2) is 0 Å². The largest absolute Gasteiger partial charge is 0.381 e. The van der Waals surface area contributed by atoms with Crippen LogP contribution in [0.5, 0.6) is 0 Å². The van der Waals surface area contributed by atoms with E-state index in [4.69, 9.17) is 4.74 Å². The molecule has 19 heavy (non-hydrogen) atoms. The van der Waals surface area contributed by atoms with Crippen LogP contribution in [0.1, 0.15) is 31.0 Å². The number of H-pyrrole nitrogens is 1. The van der Waals surface area contributed by atoms with Crippen molar-refractivity contribution < 1.29 is 4.74 Å². The topological polar surface area (TPSA) is 66.1 Å². The van der Waals surface area contributed by atoms with Crippen LogP contribution in [-0.2, 0) is 4.74 Å². The Balaban J connectivity index is 1.64. The van der Waals surface area contributed by atoms with Crippen LogP contribution in [0.25, 0.3) is 0 Å². The van der Waals surface area contributed by atoms with Gasteiger partial charge in [0.2, 0.25) is 5.95 Å². The summed E-state index contributed by atoms with van der Waals surface area (Å²) in [4.78, 5) is 6.98. The van der Waals surface area contributed by atoms with Gasteiger partial charge >= 0.3 is 0 Å². The van der Waals surface area contributed by atoms with E-state index in [-0.39, 0.29) is 0 Å². The Kier molecular flexibility index (Phi) is 3.98. The number of piperidine rings is 1. The molecule has 6 heteroatoms. The van der Waals surface area contributed by atoms with Gasteiger partial charge in [0.25, 0.3) is 0 Å². The zero-order chi connectivity index (χ0) is 13.1. The second-order valence-electron chi connectivity index (χ2n) is 5.59. The molecule has 2 saturated heterocycles. The summed E-state index contributed by atoms with van der Waals surface area (Å²) in [6, 6.07) is 0. The van der Waals surface area contributed by atoms with E-state index in [1.54, 1.807) is 0 Å². The number of anilines is 1. The highest BCUT2D eigenvalue weighted by atomic mass is 16.5. The molecular formula is C13H23N5O. The lowest BCUT2D eigenvalue weighted by atomic mass is 9.98. The molecule has 0 radical (unpaired) electrons. The van der Waals surface area contributed by atoms with Crippen LogP contribution in [0.3, 0.4) is 0 Å². The Morgan fingerprint density at radius 3 is 3.21 bits per heavy atom. The third kappa shape index (κ3) is 2.90. The van der Waals surface area contributed by atoms with Crippen molar-refractivity contribution in [1.29, 1.82) is 0 Å². The van der Waals surface area contributed by atoms with E-state index in [0.29, 0.717) is 11.8 Å². The molecule has 3 rings (SSSR count). The summed E-state index contributed by atoms with van der Waals surface area (Å²) in [5.41, 5.74) is 0. The van der Waals surface area contributed by atoms with Crippen molar-refractivity contribution in [2.45, 2.75) is 25.2 Å². The first-order valence-electron chi connectivity index (χ1n) is 7.26. The minimum absolute atomic E-state index is 0.402. The lowest BCUT2D eigenvalue weighted by molar-refractivity contribution is 0.193. The third-order valence-corrected chi connectivity index (χ3v) is 4.10. The lowest BCUT2D eigenvalue weighted by Crippen LogP contribution is -2.39. The van der Waals surface area contributed by atoms with Gasteiger partial charge < -0.3 is 15.0 Å². The average Bonchev–Trinajstić information content (AvgIpc) is 3.11. The van der Waals surface area contributed by atoms with Crippen molar-refractivity contribution in [3.63, 3.8) is 0 Å². The third-order valence-electron chi connectivity index (χ3n) is 4.10. The zero-order valence-corrected chi connectivity index (χ0v) is 11.6. The Hall–Kier alpha value is -1.14. The maximum Gasteiger partial charge on any atom is 0.244 e. The minimum atomic E-state index is 0.402. The van der Waals surface area contributed by atoms with Gasteiger partial charge in [-0.15, -0.1) is 5.10 Å². The number of hydrogen-bond acceptors (Lipinski definition) is 5. The molecule has 3 heterocycles. The van der Waals surface area contributed by atoms with E-state index in [0.717, 1.165) is 51.0 Å². The van der Waals surface area contributed by atoms with Gasteiger partial charge in [0.1, 0.15) is 5.82 Å². The minimum Gasteiger partial charge on any atom is -0.381 e. The molecule has 0 aliphatic carbocycles. The predicted octanol–water partition coefficient (Wildman–Crippen LogP) is 0.744. The number of aromatic nitrogens is 3. The standard InChI is InChI=1S/C13H23N5O/c1-14-7-10-3-2-5-18(8-10)13-15-12(16-17-13)11-4-6-19-9-11/h10-11,14H,2-9H2,1H3,(H,15,16,17). The first kappa shape index (κ1) is 12.9. The van der Waals surface area contributed by atoms with Crippen molar-refractivity contribution in [1.82, 2.24) is 20.5 Å². The number of aromatic amines is 1. The first-order chi connectivity index (χ1) is 9.36. The van der Waals surface area contributed by atoms with Gasteiger partial charge in [-0.1, -0.05) is 0 Å². The number of ether oxygens (including phenoxy) is 1. The summed E-state index contributed by atoms with van der Waals surface area (Å²) >= 11 is 0. The molecule has 0 aromatic carbocycles. The fourth-order valence-electron chi connectivity index (χ4n) is 3.04. The van der Waals surface area contributed by atoms with Crippen molar-refractivity contribution in [3.05, 3.63) is 5.82 Å². The van der Waals surface area contributed by atoms with Crippen LogP contribution in [0.4, 0.5) is 5.95 Å². The summed E-state index contributed by atoms with van der Waals surface area (Å²) in [7, 11) is 2.02. The van der Waals surface area contributed by atoms with E-state index in [2.05, 4.69) is 25.4 Å². The highest BCUT2D eigenvalue weighted by Crippen LogP contribution is 2.25. The van der Waals surface area contributed by atoms with Gasteiger partial charge in [-0.3, -0.25) is 5.10 Å². The smallest absolute Gasteiger partial charge is 0.244 e. The van der Waals surface area contributed by atoms with E-state index >= 15 is 0 Å². The van der Waals surface area contributed by atoms with E-state index in [1.807, 2.05) is 7.05 Å². The summed E-state index contributed by atoms with van der Waals surface area (Å²) < 4.78 is 5.41. The fourth-order valence-corrected chi connectivity index (χ4v) is 3.04. The molecular weight excluding hydrogens is 242 g/mol. The maximum atomic E-state index is 5.41. The van der Waals surface area contributed by atoms with Crippen LogP contribution in [-0.4, -0.2) is 55.1 Å². The predicted molar refractivity (Wildman–Crippen MR) is 73.4 cm³/mol. The first-order valence-corrected chi connectivity index (χ1v) is 7.26. The summed E-state index contributed by atoms with van der Waals surface area (Å²) in [5.74, 6) is 2.96. The summed E-state index contributed by atoms with van der Waals surface area (Å²) in [6.45, 7) is 4.81. The molecule has 1 aromatic heterocycles. The second-order valence-corrected chi connectivity index (χ2v) is 5.59. The summed E-state index contributed by atoms with van der Waals surface area (Å²) in [5, 5.41) is 10.8. The van der Waals surface area contributed by atoms with Crippen LogP contribution in [0.15, 0.2) is 0 Å². The molecule has 0 spiro atoms. The Morgan fingerprint density at radius 2 is 2.42 bits per heavy atom. The summed E-state index contributed by atoms with van der Waals surface area (Å²) in [6.07, 6.45) is 3.57. The Morgan fingerprint density at radius 1 is 1.47 bits per heavy atom. The highest BCUT2D eigenvalue weighted by molar-refractivity contribution is 5.30. The van der Waals surface area contributed by atoms with Crippen molar-refractivity contribution >= 4 is 5.95 Å². The molecule has 106 valence electrons. The SMILES string of the molecule is CNCC1CCCN(c2n[nH]c(C3CCOC3)n2)C1. The molecule has 1 aromatic rings. The van der Waals surface area contributed by atoms with Crippen molar-refractivity contribution in [2.75, 3.05) is 44.8 Å². The molecule has 2 atom stereocenters. The molecule has 2 fully saturated rings. The monoisotopic (exact) mass is 265 g/mol. The molecule has 2 N–H and O–H groups in total. The lowest BCUT2D eigenvalue weighted by Gasteiger charge is -2.31. The van der Waals surface area contributed by atoms with E-state index < -0.39 is 0 Å². The Labute approximate surface area is 113 Å². The van der Waals surface area contributed by atoms with Crippen LogP contribution < -0.4 is 10.2 Å². The van der Waals surface area contributed by atoms with Crippen molar-refractivity contribution in [3.8, 4) is 0 Å². The molecule has 0 saturated carbocycles. The van der Waals surface area contributed by atoms with E-state index in [9.17, 15) is 0 Å². The molecule has 2 aliphatic heterocycles. The van der Waals surface area contributed by atoms with Crippen molar-refractivity contribution in [2.24, 2.45) is 5.92 Å². The number of rotatable bonds is 4. The number of nitrogens with one attached hydrogen (secondary N) is 2. The van der Waals surface area contributed by atoms with Crippen LogP contribution in [0, 0.1) is 5.92 Å². The molecule has 0 amide bonds. The number of hydrogen-bond donors (Lipinski definition) is 2. The van der Waals surface area contributed by atoms with Crippen LogP contribution in [0.2, 0.25) is 0 Å². The van der Waals surface area contributed by atoms with Gasteiger partial charge in [0.05, 0.1) is 6.61 Å². The Bertz CT molecular complexity index is 399. The molecule has 2 unspecified atom stereocenters. The highest BCUT2D eigenvalue weighted by Gasteiger charge is 2.25. The molecule has 6 nitrogen and oxygen atoms in total. The van der Waals surface area contributed by atoms with Gasteiger partial charge in [-0.25, -0.2) is 0 Å². The zero-order valence-electron chi connectivity index (χ0n) is 11.6. The quantitative estimate of drug-likeness (QED) is 0.841. The average molecular weight is 265 g/mol. The molecule has 0 bridgehead atoms. The second kappa shape index (κ2) is 5.88. The number of nitrogens with zero attached hydrogens (tertiary/aromatic N) is 3. The van der Waals surface area contributed by atoms with Gasteiger partial charge in [0, 0.05) is 25.6 Å². The van der Waals surface area contributed by atoms with Gasteiger partial charge in [-0.2, -0.15) is 4.98 Å². The maximum absolute atomic E-state index is 5.41. The fraction of sp³-hybridized carbons (Fsp3) is 0.846. The van der Waals surface area contributed by atoms with E-state index in [1.165, 1.54) is 12.8 Å². The van der Waals surface area contributed by atoms with Gasteiger partial charge in [-0.05, 0) is 38.8 Å².